The van der Waals surface area contributed by atoms with Gasteiger partial charge in [-0.2, -0.15) is 0 Å². The maximum absolute atomic E-state index is 13.2. The molecule has 2 aromatic carbocycles. The summed E-state index contributed by atoms with van der Waals surface area (Å²) in [7, 11) is 0. The normalized spacial score (nSPS) is 14.6. The molecule has 0 aliphatic carbocycles. The van der Waals surface area contributed by atoms with Crippen LogP contribution in [-0.2, 0) is 57.0 Å². The van der Waals surface area contributed by atoms with E-state index in [0.717, 1.165) is 23.8 Å². The Labute approximate surface area is 386 Å². The molecule has 2 aliphatic rings. The van der Waals surface area contributed by atoms with E-state index in [1.807, 2.05) is 0 Å². The molecule has 0 radical (unpaired) electrons. The molecule has 1 unspecified atom stereocenters. The molecule has 0 saturated carbocycles. The number of rotatable bonds is 38. The molecule has 1 fully saturated rings. The lowest BCUT2D eigenvalue weighted by molar-refractivity contribution is -0.393. The number of fused-ring (bicyclic) bond motifs is 1. The molecular weight excluding hydrogens is 888 g/mol. The Morgan fingerprint density at radius 1 is 0.627 bits per heavy atom. The van der Waals surface area contributed by atoms with E-state index in [1.165, 1.54) is 18.2 Å². The fourth-order valence-electron chi connectivity index (χ4n) is 6.55. The summed E-state index contributed by atoms with van der Waals surface area (Å²) in [5.74, 6) is -2.77. The standard InChI is InChI=1S/C43H60N6O18/c50-38(45-35-6-4-5-33-40(35)43(54)47(42(33)53)36-10-11-39(51)46-41(36)52)7-2-1-3-13-59-15-17-61-19-21-63-23-25-65-27-29-67-30-28-66-26-24-64-22-20-62-18-16-60-14-12-44-34-9-8-32(48(55)56)31-37(34)49(57)58/h4-6,8-9,31,36,44H,1-3,7,10-30H2,(H,45,50)(H,46,51,52). The van der Waals surface area contributed by atoms with Crippen LogP contribution in [-0.4, -0.2) is 176 Å². The van der Waals surface area contributed by atoms with Gasteiger partial charge in [0.05, 0.1) is 145 Å². The fraction of sp³-hybridized carbons (Fsp3) is 0.605. The number of anilines is 2. The van der Waals surface area contributed by atoms with E-state index in [-0.39, 0.29) is 72.2 Å². The van der Waals surface area contributed by atoms with Crippen molar-refractivity contribution in [3.05, 3.63) is 67.8 Å². The van der Waals surface area contributed by atoms with E-state index in [1.54, 1.807) is 12.1 Å². The van der Waals surface area contributed by atoms with Gasteiger partial charge in [-0.3, -0.25) is 54.4 Å². The minimum Gasteiger partial charge on any atom is -0.379 e. The smallest absolute Gasteiger partial charge is 0.299 e. The summed E-state index contributed by atoms with van der Waals surface area (Å²) in [6.45, 7) is 7.56. The van der Waals surface area contributed by atoms with E-state index in [2.05, 4.69) is 16.0 Å². The molecule has 2 aliphatic heterocycles. The third-order valence-electron chi connectivity index (χ3n) is 9.86. The van der Waals surface area contributed by atoms with Gasteiger partial charge in [-0.05, 0) is 37.5 Å². The van der Waals surface area contributed by atoms with Gasteiger partial charge in [0, 0.05) is 32.1 Å². The number of hydrogen-bond acceptors (Lipinski definition) is 19. The largest absolute Gasteiger partial charge is 0.379 e. The monoisotopic (exact) mass is 948 g/mol. The molecule has 1 atom stereocenters. The van der Waals surface area contributed by atoms with Crippen molar-refractivity contribution < 1.29 is 76.5 Å². The summed E-state index contributed by atoms with van der Waals surface area (Å²) in [4.78, 5) is 84.2. The van der Waals surface area contributed by atoms with Crippen molar-refractivity contribution >= 4 is 52.3 Å². The first-order valence-electron chi connectivity index (χ1n) is 22.1. The first-order chi connectivity index (χ1) is 32.6. The zero-order valence-electron chi connectivity index (χ0n) is 37.4. The number of nitro benzene ring substituents is 2. The van der Waals surface area contributed by atoms with Crippen LogP contribution in [0.3, 0.4) is 0 Å². The van der Waals surface area contributed by atoms with Gasteiger partial charge < -0.3 is 53.3 Å². The van der Waals surface area contributed by atoms with Crippen molar-refractivity contribution in [1.82, 2.24) is 10.2 Å². The molecule has 4 rings (SSSR count). The molecule has 0 spiro atoms. The van der Waals surface area contributed by atoms with Crippen LogP contribution in [0.4, 0.5) is 22.7 Å². The van der Waals surface area contributed by atoms with Crippen molar-refractivity contribution in [1.29, 1.82) is 0 Å². The predicted octanol–water partition coefficient (Wildman–Crippen LogP) is 2.66. The predicted molar refractivity (Wildman–Crippen MR) is 236 cm³/mol. The molecule has 24 nitrogen and oxygen atoms in total. The summed E-state index contributed by atoms with van der Waals surface area (Å²) in [6, 6.07) is 6.89. The summed E-state index contributed by atoms with van der Waals surface area (Å²) >= 11 is 0. The van der Waals surface area contributed by atoms with Crippen LogP contribution in [0.25, 0.3) is 0 Å². The highest BCUT2D eigenvalue weighted by atomic mass is 16.6. The van der Waals surface area contributed by atoms with Crippen molar-refractivity contribution in [3.63, 3.8) is 0 Å². The summed E-state index contributed by atoms with van der Waals surface area (Å²) in [5.41, 5.74) is -0.218. The molecule has 3 N–H and O–H groups in total. The Hall–Kier alpha value is -5.57. The van der Waals surface area contributed by atoms with E-state index in [4.69, 9.17) is 42.6 Å². The topological polar surface area (TPSA) is 294 Å². The number of ether oxygens (including phenoxy) is 9. The van der Waals surface area contributed by atoms with Gasteiger partial charge in [0.1, 0.15) is 11.7 Å². The maximum atomic E-state index is 13.2. The number of nitrogens with zero attached hydrogens (tertiary/aromatic N) is 3. The summed E-state index contributed by atoms with van der Waals surface area (Å²) in [5, 5.41) is 29.7. The van der Waals surface area contributed by atoms with Gasteiger partial charge in [-0.25, -0.2) is 0 Å². The number of piperidine rings is 1. The fourth-order valence-corrected chi connectivity index (χ4v) is 6.55. The van der Waals surface area contributed by atoms with Crippen molar-refractivity contribution in [2.75, 3.05) is 136 Å². The van der Waals surface area contributed by atoms with Gasteiger partial charge in [-0.1, -0.05) is 12.5 Å². The zero-order chi connectivity index (χ0) is 48.1. The van der Waals surface area contributed by atoms with E-state index < -0.39 is 39.5 Å². The maximum Gasteiger partial charge on any atom is 0.299 e. The number of carbonyl (C=O) groups excluding carboxylic acids is 5. The highest BCUT2D eigenvalue weighted by molar-refractivity contribution is 6.26. The van der Waals surface area contributed by atoms with Crippen molar-refractivity contribution in [2.45, 2.75) is 44.6 Å². The number of nitrogens with one attached hydrogen (secondary N) is 3. The summed E-state index contributed by atoms with van der Waals surface area (Å²) < 4.78 is 49.4. The van der Waals surface area contributed by atoms with Crippen LogP contribution in [0.15, 0.2) is 36.4 Å². The number of benzene rings is 2. The van der Waals surface area contributed by atoms with Gasteiger partial charge in [0.15, 0.2) is 0 Å². The van der Waals surface area contributed by atoms with Crippen LogP contribution in [0.5, 0.6) is 0 Å². The lowest BCUT2D eigenvalue weighted by Gasteiger charge is -2.27. The highest BCUT2D eigenvalue weighted by Gasteiger charge is 2.45. The average molecular weight is 949 g/mol. The molecule has 5 amide bonds. The minimum atomic E-state index is -1.09. The number of hydrogen-bond donors (Lipinski definition) is 3. The zero-order valence-corrected chi connectivity index (χ0v) is 37.4. The molecule has 67 heavy (non-hydrogen) atoms. The Balaban J connectivity index is 0.828. The van der Waals surface area contributed by atoms with Gasteiger partial charge in [0.25, 0.3) is 23.2 Å². The second-order valence-electron chi connectivity index (χ2n) is 14.7. The van der Waals surface area contributed by atoms with Crippen molar-refractivity contribution in [2.24, 2.45) is 0 Å². The van der Waals surface area contributed by atoms with Crippen LogP contribution in [0, 0.1) is 20.2 Å². The van der Waals surface area contributed by atoms with E-state index in [9.17, 15) is 44.2 Å². The second-order valence-corrected chi connectivity index (χ2v) is 14.7. The van der Waals surface area contributed by atoms with Crippen LogP contribution in [0.2, 0.25) is 0 Å². The molecule has 2 heterocycles. The third-order valence-corrected chi connectivity index (χ3v) is 9.86. The number of non-ortho nitro benzene ring substituents is 1. The SMILES string of the molecule is O=C1CCC(N2C(=O)c3cccc(NC(=O)CCCCCOCCOCCOCCOCCOCCOCCOCCOCCOCCNc4ccc([N+](=O)[O-])cc4[N+](=O)[O-])c3C2=O)C(=O)N1. The molecule has 1 saturated heterocycles. The summed E-state index contributed by atoms with van der Waals surface area (Å²) in [6.07, 6.45) is 2.36. The number of imide groups is 2. The highest BCUT2D eigenvalue weighted by Crippen LogP contribution is 2.33. The first kappa shape index (κ1) is 54.0. The third kappa shape index (κ3) is 19.7. The minimum absolute atomic E-state index is 0.0182. The first-order valence-corrected chi connectivity index (χ1v) is 22.1. The number of amides is 5. The van der Waals surface area contributed by atoms with Gasteiger partial charge >= 0.3 is 0 Å². The molecule has 2 aromatic rings. The lowest BCUT2D eigenvalue weighted by Crippen LogP contribution is -2.54. The van der Waals surface area contributed by atoms with Crippen LogP contribution >= 0.6 is 0 Å². The van der Waals surface area contributed by atoms with Gasteiger partial charge in [0.2, 0.25) is 17.7 Å². The number of carbonyl (C=O) groups is 5. The van der Waals surface area contributed by atoms with E-state index in [0.29, 0.717) is 119 Å². The Kier molecular flexibility index (Phi) is 25.3. The Bertz CT molecular complexity index is 1920. The van der Waals surface area contributed by atoms with Crippen molar-refractivity contribution in [3.8, 4) is 0 Å². The van der Waals surface area contributed by atoms with Crippen LogP contribution < -0.4 is 16.0 Å². The number of nitro groups is 2. The molecular formula is C43H60N6O18. The molecule has 0 bridgehead atoms. The second kappa shape index (κ2) is 31.4. The Morgan fingerprint density at radius 3 is 1.66 bits per heavy atom. The number of unbranched alkanes of at least 4 members (excludes halogenated alkanes) is 2. The van der Waals surface area contributed by atoms with E-state index >= 15 is 0 Å². The molecule has 24 heteroatoms. The molecule has 0 aromatic heterocycles. The Morgan fingerprint density at radius 2 is 1.15 bits per heavy atom. The quantitative estimate of drug-likeness (QED) is 0.0377. The molecule has 370 valence electrons. The average Bonchev–Trinajstić information content (AvgIpc) is 3.56. The van der Waals surface area contributed by atoms with Gasteiger partial charge in [-0.15, -0.1) is 0 Å². The van der Waals surface area contributed by atoms with Crippen LogP contribution in [0.1, 0.15) is 59.2 Å². The lowest BCUT2D eigenvalue weighted by atomic mass is 10.0.